The van der Waals surface area contributed by atoms with Crippen LogP contribution in [0.4, 0.5) is 0 Å². The summed E-state index contributed by atoms with van der Waals surface area (Å²) in [7, 11) is 3.18. The Morgan fingerprint density at radius 2 is 1.82 bits per heavy atom. The maximum Gasteiger partial charge on any atom is 0.330 e. The van der Waals surface area contributed by atoms with Crippen LogP contribution in [0.1, 0.15) is 21.7 Å². The average Bonchev–Trinajstić information content (AvgIpc) is 2.91. The summed E-state index contributed by atoms with van der Waals surface area (Å²) in [4.78, 5) is 27.0. The Hall–Kier alpha value is -2.95. The molecule has 0 aromatic carbocycles. The van der Waals surface area contributed by atoms with Gasteiger partial charge >= 0.3 is 5.97 Å². The van der Waals surface area contributed by atoms with Gasteiger partial charge in [-0.25, -0.2) is 4.79 Å². The number of pyridine rings is 1. The van der Waals surface area contributed by atoms with Crippen LogP contribution < -0.4 is 0 Å². The van der Waals surface area contributed by atoms with E-state index in [0.29, 0.717) is 5.56 Å². The van der Waals surface area contributed by atoms with Gasteiger partial charge in [0.15, 0.2) is 5.78 Å². The average molecular weight is 296 g/mol. The molecule has 2 aromatic heterocycles. The summed E-state index contributed by atoms with van der Waals surface area (Å²) in [6.07, 6.45) is 9.39. The number of nitrogens with zero attached hydrogens (tertiary/aromatic N) is 2. The quantitative estimate of drug-likeness (QED) is 0.483. The predicted octanol–water partition coefficient (Wildman–Crippen LogP) is 2.50. The molecule has 0 saturated heterocycles. The summed E-state index contributed by atoms with van der Waals surface area (Å²) in [5, 5.41) is 0. The second-order valence-corrected chi connectivity index (χ2v) is 4.54. The molecule has 0 fully saturated rings. The van der Waals surface area contributed by atoms with Gasteiger partial charge in [-0.15, -0.1) is 0 Å². The standard InChI is InChI=1S/C17H16N2O3/c1-19-14(5-6-15(19)8-10-17(21)22-2)7-9-16(20)13-4-3-11-18-12-13/h3-12H,1-2H3/b9-7+,10-8+. The van der Waals surface area contributed by atoms with E-state index in [4.69, 9.17) is 0 Å². The van der Waals surface area contributed by atoms with E-state index in [2.05, 4.69) is 9.72 Å². The van der Waals surface area contributed by atoms with Crippen LogP contribution in [0.15, 0.2) is 48.8 Å². The van der Waals surface area contributed by atoms with E-state index in [1.807, 2.05) is 23.7 Å². The Bertz CT molecular complexity index is 728. The number of ketones is 1. The number of allylic oxidation sites excluding steroid dienone is 1. The van der Waals surface area contributed by atoms with Crippen LogP contribution in [0, 0.1) is 0 Å². The molecule has 22 heavy (non-hydrogen) atoms. The Kier molecular flexibility index (Phi) is 5.03. The normalized spacial score (nSPS) is 11.2. The Morgan fingerprint density at radius 3 is 2.41 bits per heavy atom. The van der Waals surface area contributed by atoms with Crippen LogP contribution in [0.3, 0.4) is 0 Å². The van der Waals surface area contributed by atoms with Crippen molar-refractivity contribution in [1.29, 1.82) is 0 Å². The molecule has 5 nitrogen and oxygen atoms in total. The number of methoxy groups -OCH3 is 1. The van der Waals surface area contributed by atoms with Gasteiger partial charge in [-0.2, -0.15) is 0 Å². The number of hydrogen-bond acceptors (Lipinski definition) is 4. The summed E-state index contributed by atoms with van der Waals surface area (Å²) < 4.78 is 6.41. The maximum atomic E-state index is 12.0. The van der Waals surface area contributed by atoms with Gasteiger partial charge in [-0.3, -0.25) is 9.78 Å². The topological polar surface area (TPSA) is 61.2 Å². The first-order chi connectivity index (χ1) is 10.6. The minimum Gasteiger partial charge on any atom is -0.466 e. The molecule has 0 bridgehead atoms. The summed E-state index contributed by atoms with van der Waals surface area (Å²) in [5.41, 5.74) is 2.22. The predicted molar refractivity (Wildman–Crippen MR) is 84.1 cm³/mol. The maximum absolute atomic E-state index is 12.0. The smallest absolute Gasteiger partial charge is 0.330 e. The fraction of sp³-hybridized carbons (Fsp3) is 0.118. The van der Waals surface area contributed by atoms with Crippen molar-refractivity contribution in [3.63, 3.8) is 0 Å². The van der Waals surface area contributed by atoms with Crippen LogP contribution in [0.5, 0.6) is 0 Å². The van der Waals surface area contributed by atoms with Gasteiger partial charge < -0.3 is 9.30 Å². The van der Waals surface area contributed by atoms with Gasteiger partial charge in [0.05, 0.1) is 7.11 Å². The van der Waals surface area contributed by atoms with Gasteiger partial charge in [0, 0.05) is 42.5 Å². The molecule has 2 aromatic rings. The first-order valence-electron chi connectivity index (χ1n) is 6.66. The number of carbonyl (C=O) groups is 2. The molecule has 5 heteroatoms. The zero-order valence-electron chi connectivity index (χ0n) is 12.4. The van der Waals surface area contributed by atoms with Crippen LogP contribution in [0.2, 0.25) is 0 Å². The molecule has 0 radical (unpaired) electrons. The number of ether oxygens (including phenoxy) is 1. The number of carbonyl (C=O) groups excluding carboxylic acids is 2. The minimum atomic E-state index is -0.412. The molecule has 0 aliphatic rings. The summed E-state index contributed by atoms with van der Waals surface area (Å²) in [6, 6.07) is 7.16. The van der Waals surface area contributed by atoms with Crippen molar-refractivity contribution in [2.75, 3.05) is 7.11 Å². The molecule has 0 unspecified atom stereocenters. The van der Waals surface area contributed by atoms with E-state index in [0.717, 1.165) is 11.4 Å². The Labute approximate surface area is 128 Å². The third-order valence-corrected chi connectivity index (χ3v) is 3.14. The lowest BCUT2D eigenvalue weighted by Crippen LogP contribution is -1.97. The van der Waals surface area contributed by atoms with E-state index in [1.165, 1.54) is 25.5 Å². The van der Waals surface area contributed by atoms with Crippen molar-refractivity contribution in [2.24, 2.45) is 7.05 Å². The molecule has 0 saturated carbocycles. The highest BCUT2D eigenvalue weighted by Crippen LogP contribution is 2.11. The van der Waals surface area contributed by atoms with E-state index >= 15 is 0 Å². The number of hydrogen-bond donors (Lipinski definition) is 0. The fourth-order valence-corrected chi connectivity index (χ4v) is 1.87. The number of esters is 1. The van der Waals surface area contributed by atoms with Crippen LogP contribution >= 0.6 is 0 Å². The van der Waals surface area contributed by atoms with E-state index in [9.17, 15) is 9.59 Å². The van der Waals surface area contributed by atoms with Crippen molar-refractivity contribution in [2.45, 2.75) is 0 Å². The molecule has 0 aliphatic heterocycles. The molecule has 0 amide bonds. The molecule has 2 rings (SSSR count). The first kappa shape index (κ1) is 15.4. The van der Waals surface area contributed by atoms with Gasteiger partial charge in [-0.1, -0.05) is 0 Å². The van der Waals surface area contributed by atoms with Crippen molar-refractivity contribution >= 4 is 23.9 Å². The van der Waals surface area contributed by atoms with E-state index in [-0.39, 0.29) is 5.78 Å². The first-order valence-corrected chi connectivity index (χ1v) is 6.66. The summed E-state index contributed by atoms with van der Waals surface area (Å²) in [6.45, 7) is 0. The van der Waals surface area contributed by atoms with Crippen molar-refractivity contribution in [1.82, 2.24) is 9.55 Å². The molecule has 112 valence electrons. The minimum absolute atomic E-state index is 0.110. The highest BCUT2D eigenvalue weighted by molar-refractivity contribution is 6.06. The second-order valence-electron chi connectivity index (χ2n) is 4.54. The fourth-order valence-electron chi connectivity index (χ4n) is 1.87. The van der Waals surface area contributed by atoms with Gasteiger partial charge in [-0.05, 0) is 42.5 Å². The van der Waals surface area contributed by atoms with Gasteiger partial charge in [0.1, 0.15) is 0 Å². The van der Waals surface area contributed by atoms with E-state index in [1.54, 1.807) is 30.5 Å². The lowest BCUT2D eigenvalue weighted by molar-refractivity contribution is -0.134. The second kappa shape index (κ2) is 7.17. The van der Waals surface area contributed by atoms with Gasteiger partial charge in [0.25, 0.3) is 0 Å². The summed E-state index contributed by atoms with van der Waals surface area (Å²) in [5.74, 6) is -0.522. The largest absolute Gasteiger partial charge is 0.466 e. The monoisotopic (exact) mass is 296 g/mol. The zero-order valence-corrected chi connectivity index (χ0v) is 12.4. The molecule has 2 heterocycles. The molecular formula is C17H16N2O3. The third-order valence-electron chi connectivity index (χ3n) is 3.14. The highest BCUT2D eigenvalue weighted by Gasteiger charge is 2.03. The molecule has 0 aliphatic carbocycles. The Morgan fingerprint density at radius 1 is 1.14 bits per heavy atom. The van der Waals surface area contributed by atoms with Crippen LogP contribution in [-0.2, 0) is 16.6 Å². The highest BCUT2D eigenvalue weighted by atomic mass is 16.5. The van der Waals surface area contributed by atoms with Crippen LogP contribution in [0.25, 0.3) is 12.2 Å². The summed E-state index contributed by atoms with van der Waals surface area (Å²) >= 11 is 0. The van der Waals surface area contributed by atoms with Gasteiger partial charge in [0.2, 0.25) is 0 Å². The number of rotatable bonds is 5. The van der Waals surface area contributed by atoms with Crippen LogP contribution in [-0.4, -0.2) is 28.4 Å². The zero-order chi connectivity index (χ0) is 15.9. The molecular weight excluding hydrogens is 280 g/mol. The molecule has 0 N–H and O–H groups in total. The van der Waals surface area contributed by atoms with Crippen molar-refractivity contribution < 1.29 is 14.3 Å². The SMILES string of the molecule is COC(=O)/C=C/c1ccc(/C=C/C(=O)c2cccnc2)n1C. The lowest BCUT2D eigenvalue weighted by atomic mass is 10.2. The molecule has 0 spiro atoms. The lowest BCUT2D eigenvalue weighted by Gasteiger charge is -2.01. The van der Waals surface area contributed by atoms with Crippen molar-refractivity contribution in [3.8, 4) is 0 Å². The Balaban J connectivity index is 2.13. The third kappa shape index (κ3) is 3.79. The van der Waals surface area contributed by atoms with Crippen molar-refractivity contribution in [3.05, 3.63) is 65.8 Å². The van der Waals surface area contributed by atoms with E-state index < -0.39 is 5.97 Å². The number of aromatic nitrogens is 2. The molecule has 0 atom stereocenters.